The van der Waals surface area contributed by atoms with Gasteiger partial charge in [0.05, 0.1) is 16.6 Å². The van der Waals surface area contributed by atoms with Gasteiger partial charge in [0.15, 0.2) is 5.17 Å². The maximum Gasteiger partial charge on any atom is 0.264 e. The first-order valence-corrected chi connectivity index (χ1v) is 8.00. The maximum absolute atomic E-state index is 12.0. The Morgan fingerprint density at radius 2 is 1.96 bits per heavy atom. The summed E-state index contributed by atoms with van der Waals surface area (Å²) >= 11 is 1.25. The van der Waals surface area contributed by atoms with Crippen molar-refractivity contribution in [2.24, 2.45) is 4.99 Å². The Morgan fingerprint density at radius 3 is 2.62 bits per heavy atom. The fourth-order valence-electron chi connectivity index (χ4n) is 2.16. The topological polar surface area (TPSA) is 81.6 Å². The molecule has 1 fully saturated rings. The van der Waals surface area contributed by atoms with E-state index >= 15 is 0 Å². The van der Waals surface area contributed by atoms with Gasteiger partial charge >= 0.3 is 0 Å². The molecule has 0 aliphatic carbocycles. The number of nitrogens with one attached hydrogen (secondary N) is 1. The molecule has 5 nitrogen and oxygen atoms in total. The fourth-order valence-corrected chi connectivity index (χ4v) is 3.00. The van der Waals surface area contributed by atoms with Crippen molar-refractivity contribution in [3.05, 3.63) is 70.1 Å². The van der Waals surface area contributed by atoms with Gasteiger partial charge in [0.25, 0.3) is 5.91 Å². The molecule has 24 heavy (non-hydrogen) atoms. The third-order valence-electron chi connectivity index (χ3n) is 3.33. The van der Waals surface area contributed by atoms with Crippen LogP contribution in [0.25, 0.3) is 6.08 Å². The van der Waals surface area contributed by atoms with Crippen LogP contribution in [-0.2, 0) is 4.79 Å². The predicted molar refractivity (Wildman–Crippen MR) is 92.8 cm³/mol. The molecular weight excluding hydrogens is 324 g/mol. The summed E-state index contributed by atoms with van der Waals surface area (Å²) in [6.45, 7) is 1.98. The van der Waals surface area contributed by atoms with Crippen LogP contribution in [0.3, 0.4) is 0 Å². The minimum atomic E-state index is -1.23. The summed E-state index contributed by atoms with van der Waals surface area (Å²) in [7, 11) is 0. The lowest BCUT2D eigenvalue weighted by Gasteiger charge is -2.02. The van der Waals surface area contributed by atoms with Gasteiger partial charge < -0.3 is 15.2 Å². The quantitative estimate of drug-likeness (QED) is 0.871. The summed E-state index contributed by atoms with van der Waals surface area (Å²) in [6.07, 6.45) is 1.69. The first-order valence-electron chi connectivity index (χ1n) is 7.19. The number of nitrogens with zero attached hydrogens (tertiary/aromatic N) is 1. The van der Waals surface area contributed by atoms with Crippen molar-refractivity contribution in [1.82, 2.24) is 5.32 Å². The smallest absolute Gasteiger partial charge is 0.264 e. The van der Waals surface area contributed by atoms with Crippen LogP contribution in [0, 0.1) is 6.92 Å². The van der Waals surface area contributed by atoms with Gasteiger partial charge in [-0.25, -0.2) is 4.99 Å². The molecule has 2 aromatic rings. The van der Waals surface area contributed by atoms with E-state index in [0.717, 1.165) is 16.8 Å². The molecule has 0 unspecified atom stereocenters. The number of carboxylic acids is 1. The summed E-state index contributed by atoms with van der Waals surface area (Å²) < 4.78 is 0. The fraction of sp³-hybridized carbons (Fsp3) is 0.0556. The monoisotopic (exact) mass is 337 g/mol. The molecule has 0 bridgehead atoms. The average Bonchev–Trinajstić information content (AvgIpc) is 2.87. The highest BCUT2D eigenvalue weighted by Gasteiger charge is 2.23. The van der Waals surface area contributed by atoms with E-state index in [2.05, 4.69) is 10.3 Å². The number of carbonyl (C=O) groups is 2. The number of amides is 1. The van der Waals surface area contributed by atoms with Crippen molar-refractivity contribution in [3.63, 3.8) is 0 Å². The summed E-state index contributed by atoms with van der Waals surface area (Å²) in [5.41, 5.74) is 2.70. The molecule has 3 rings (SSSR count). The lowest BCUT2D eigenvalue weighted by molar-refractivity contribution is -0.255. The molecule has 1 saturated heterocycles. The second-order valence-corrected chi connectivity index (χ2v) is 6.26. The van der Waals surface area contributed by atoms with Gasteiger partial charge in [0.2, 0.25) is 0 Å². The average molecular weight is 337 g/mol. The first kappa shape index (κ1) is 16.0. The maximum atomic E-state index is 12.0. The largest absolute Gasteiger partial charge is 0.545 e. The zero-order chi connectivity index (χ0) is 17.1. The third kappa shape index (κ3) is 3.72. The molecule has 0 spiro atoms. The van der Waals surface area contributed by atoms with Crippen LogP contribution in [0.2, 0.25) is 0 Å². The number of amidine groups is 1. The number of aryl methyl sites for hydroxylation is 1. The zero-order valence-corrected chi connectivity index (χ0v) is 13.6. The molecule has 6 heteroatoms. The number of aromatic carboxylic acids is 1. The van der Waals surface area contributed by atoms with Gasteiger partial charge in [-0.1, -0.05) is 36.4 Å². The van der Waals surface area contributed by atoms with Gasteiger partial charge in [0.1, 0.15) is 0 Å². The van der Waals surface area contributed by atoms with Crippen molar-refractivity contribution in [2.75, 3.05) is 0 Å². The van der Waals surface area contributed by atoms with Gasteiger partial charge in [0, 0.05) is 0 Å². The van der Waals surface area contributed by atoms with E-state index < -0.39 is 5.97 Å². The molecule has 0 saturated carbocycles. The van der Waals surface area contributed by atoms with Crippen molar-refractivity contribution >= 4 is 40.6 Å². The standard InChI is InChI=1S/C18H14N2O3S/c1-11-3-2-4-14(9-11)19-18-20-16(21)15(24-18)10-12-5-7-13(8-6-12)17(22)23/h2-10H,1H3,(H,22,23)(H,19,20,21)/p-1/b15-10+. The number of rotatable bonds is 3. The van der Waals surface area contributed by atoms with Gasteiger partial charge in [-0.3, -0.25) is 4.79 Å². The summed E-state index contributed by atoms with van der Waals surface area (Å²) in [4.78, 5) is 27.7. The number of hydrogen-bond donors (Lipinski definition) is 1. The normalized spacial score (nSPS) is 17.3. The van der Waals surface area contributed by atoms with Crippen molar-refractivity contribution in [1.29, 1.82) is 0 Å². The van der Waals surface area contributed by atoms with Gasteiger partial charge in [-0.05, 0) is 53.6 Å². The SMILES string of the molecule is Cc1cccc(N=C2NC(=O)/C(=C\c3ccc(C(=O)[O-])cc3)S2)c1. The van der Waals surface area contributed by atoms with E-state index in [4.69, 9.17) is 0 Å². The molecule has 0 radical (unpaired) electrons. The number of thioether (sulfide) groups is 1. The van der Waals surface area contributed by atoms with E-state index in [1.807, 2.05) is 31.2 Å². The second-order valence-electron chi connectivity index (χ2n) is 5.23. The highest BCUT2D eigenvalue weighted by molar-refractivity contribution is 8.18. The van der Waals surface area contributed by atoms with E-state index in [1.54, 1.807) is 18.2 Å². The van der Waals surface area contributed by atoms with Gasteiger partial charge in [-0.2, -0.15) is 0 Å². The Kier molecular flexibility index (Phi) is 4.48. The molecule has 1 aliphatic heterocycles. The lowest BCUT2D eigenvalue weighted by Crippen LogP contribution is -2.21. The minimum Gasteiger partial charge on any atom is -0.545 e. The van der Waals surface area contributed by atoms with Crippen LogP contribution >= 0.6 is 11.8 Å². The highest BCUT2D eigenvalue weighted by Crippen LogP contribution is 2.28. The van der Waals surface area contributed by atoms with Crippen molar-refractivity contribution in [3.8, 4) is 0 Å². The number of carboxylic acid groups (broad SMARTS) is 1. The number of hydrogen-bond acceptors (Lipinski definition) is 5. The second kappa shape index (κ2) is 6.72. The number of aliphatic imine (C=N–C) groups is 1. The Labute approximate surface area is 143 Å². The third-order valence-corrected chi connectivity index (χ3v) is 4.24. The molecule has 0 atom stereocenters. The molecule has 120 valence electrons. The molecule has 1 amide bonds. The Bertz CT molecular complexity index is 870. The van der Waals surface area contributed by atoms with E-state index in [1.165, 1.54) is 23.9 Å². The zero-order valence-electron chi connectivity index (χ0n) is 12.8. The van der Waals surface area contributed by atoms with E-state index in [9.17, 15) is 14.7 Å². The van der Waals surface area contributed by atoms with E-state index in [0.29, 0.717) is 10.1 Å². The summed E-state index contributed by atoms with van der Waals surface area (Å²) in [5, 5.41) is 14.0. The van der Waals surface area contributed by atoms with Crippen LogP contribution in [-0.4, -0.2) is 17.0 Å². The summed E-state index contributed by atoms with van der Waals surface area (Å²) in [6, 6.07) is 13.8. The van der Waals surface area contributed by atoms with Crippen LogP contribution in [0.1, 0.15) is 21.5 Å². The van der Waals surface area contributed by atoms with Crippen LogP contribution in [0.5, 0.6) is 0 Å². The number of benzene rings is 2. The molecular formula is C18H13N2O3S-. The van der Waals surface area contributed by atoms with Gasteiger partial charge in [-0.15, -0.1) is 0 Å². The van der Waals surface area contributed by atoms with Crippen molar-refractivity contribution in [2.45, 2.75) is 6.92 Å². The minimum absolute atomic E-state index is 0.0994. The van der Waals surface area contributed by atoms with E-state index in [-0.39, 0.29) is 11.5 Å². The van der Waals surface area contributed by atoms with Crippen LogP contribution < -0.4 is 10.4 Å². The highest BCUT2D eigenvalue weighted by atomic mass is 32.2. The Morgan fingerprint density at radius 1 is 1.21 bits per heavy atom. The van der Waals surface area contributed by atoms with Crippen LogP contribution in [0.15, 0.2) is 58.4 Å². The van der Waals surface area contributed by atoms with Crippen molar-refractivity contribution < 1.29 is 14.7 Å². The van der Waals surface area contributed by atoms with Crippen LogP contribution in [0.4, 0.5) is 5.69 Å². The molecule has 1 N–H and O–H groups in total. The molecule has 2 aromatic carbocycles. The molecule has 1 heterocycles. The first-order chi connectivity index (χ1) is 11.5. The molecule has 0 aromatic heterocycles. The predicted octanol–water partition coefficient (Wildman–Crippen LogP) is 2.25. The Hall–Kier alpha value is -2.86. The number of carbonyl (C=O) groups excluding carboxylic acids is 2. The lowest BCUT2D eigenvalue weighted by atomic mass is 10.1. The Balaban J connectivity index is 1.80. The summed E-state index contributed by atoms with van der Waals surface area (Å²) in [5.74, 6) is -1.45. The molecule has 1 aliphatic rings.